The molecule has 0 heterocycles. The predicted molar refractivity (Wildman–Crippen MR) is 96.3 cm³/mol. The van der Waals surface area contributed by atoms with Crippen LogP contribution in [0.1, 0.15) is 65.7 Å². The van der Waals surface area contributed by atoms with Gasteiger partial charge in [-0.05, 0) is 61.7 Å². The fraction of sp³-hybridized carbons (Fsp3) is 0.727. The highest BCUT2D eigenvalue weighted by molar-refractivity contribution is 5.66. The predicted octanol–water partition coefficient (Wildman–Crippen LogP) is 4.94. The van der Waals surface area contributed by atoms with Crippen molar-refractivity contribution in [2.75, 3.05) is 0 Å². The van der Waals surface area contributed by atoms with E-state index < -0.39 is 0 Å². The Bertz CT molecular complexity index is 699. The van der Waals surface area contributed by atoms with Gasteiger partial charge in [0, 0.05) is 24.3 Å². The molecule has 0 bridgehead atoms. The van der Waals surface area contributed by atoms with Crippen LogP contribution in [0, 0.1) is 39.9 Å². The van der Waals surface area contributed by atoms with Crippen LogP contribution in [0.2, 0.25) is 0 Å². The molecule has 134 valence electrons. The number of esters is 1. The average Bonchev–Trinajstić information content (AvgIpc) is 2.91. The Hall–Kier alpha value is -1.56. The first kappa shape index (κ1) is 16.9. The molecule has 0 radical (unpaired) electrons. The quantitative estimate of drug-likeness (QED) is 0.502. The zero-order chi connectivity index (χ0) is 17.8. The number of rotatable bonds is 1. The zero-order valence-electron chi connectivity index (χ0n) is 15.7. The number of allylic oxidation sites excluding steroid dienone is 3. The van der Waals surface area contributed by atoms with E-state index in [2.05, 4.69) is 32.1 Å². The van der Waals surface area contributed by atoms with Gasteiger partial charge in [0.05, 0.1) is 6.07 Å². The number of carbonyl (C=O) groups excluding carboxylic acids is 1. The summed E-state index contributed by atoms with van der Waals surface area (Å²) >= 11 is 0. The third-order valence-corrected chi connectivity index (χ3v) is 8.09. The molecule has 0 spiro atoms. The van der Waals surface area contributed by atoms with Gasteiger partial charge in [0.2, 0.25) is 0 Å². The van der Waals surface area contributed by atoms with Gasteiger partial charge < -0.3 is 4.74 Å². The summed E-state index contributed by atoms with van der Waals surface area (Å²) in [5.74, 6) is 1.88. The standard InChI is InChI=1S/C22H29NO2/c1-14(24)25-17-8-10-21(2)15(12-17)4-6-18-19-7-5-16(13-23)22(19,3)11-9-20(18)21/h4-5,17-20H,6-12H2,1-3H3/t17?,18-,19-,20-,21-,22+/m0/s1. The Morgan fingerprint density at radius 3 is 2.64 bits per heavy atom. The Morgan fingerprint density at radius 2 is 1.92 bits per heavy atom. The van der Waals surface area contributed by atoms with Gasteiger partial charge in [-0.3, -0.25) is 4.79 Å². The van der Waals surface area contributed by atoms with E-state index in [4.69, 9.17) is 4.74 Å². The fourth-order valence-corrected chi connectivity index (χ4v) is 6.70. The van der Waals surface area contributed by atoms with Crippen LogP contribution in [0.15, 0.2) is 23.3 Å². The second-order valence-corrected chi connectivity index (χ2v) is 9.16. The van der Waals surface area contributed by atoms with Crippen molar-refractivity contribution in [3.8, 4) is 6.07 Å². The summed E-state index contributed by atoms with van der Waals surface area (Å²) in [5, 5.41) is 9.53. The summed E-state index contributed by atoms with van der Waals surface area (Å²) in [7, 11) is 0. The van der Waals surface area contributed by atoms with Crippen molar-refractivity contribution in [2.45, 2.75) is 71.8 Å². The van der Waals surface area contributed by atoms with Crippen molar-refractivity contribution < 1.29 is 9.53 Å². The molecule has 0 aromatic rings. The van der Waals surface area contributed by atoms with E-state index in [-0.39, 0.29) is 22.9 Å². The first-order chi connectivity index (χ1) is 11.9. The second kappa shape index (κ2) is 5.73. The van der Waals surface area contributed by atoms with Crippen LogP contribution < -0.4 is 0 Å². The minimum atomic E-state index is -0.155. The topological polar surface area (TPSA) is 50.1 Å². The summed E-state index contributed by atoms with van der Waals surface area (Å²) in [6.45, 7) is 6.30. The van der Waals surface area contributed by atoms with Crippen molar-refractivity contribution in [3.63, 3.8) is 0 Å². The Morgan fingerprint density at radius 1 is 1.16 bits per heavy atom. The van der Waals surface area contributed by atoms with Crippen LogP contribution in [0.4, 0.5) is 0 Å². The van der Waals surface area contributed by atoms with Crippen molar-refractivity contribution in [1.29, 1.82) is 5.26 Å². The maximum absolute atomic E-state index is 11.3. The molecule has 4 aliphatic rings. The average molecular weight is 339 g/mol. The highest BCUT2D eigenvalue weighted by Gasteiger charge is 2.56. The van der Waals surface area contributed by atoms with Gasteiger partial charge in [-0.15, -0.1) is 0 Å². The third-order valence-electron chi connectivity index (χ3n) is 8.09. The van der Waals surface area contributed by atoms with Crippen molar-refractivity contribution >= 4 is 5.97 Å². The molecular formula is C22H29NO2. The molecule has 4 rings (SSSR count). The summed E-state index contributed by atoms with van der Waals surface area (Å²) < 4.78 is 5.51. The maximum Gasteiger partial charge on any atom is 0.302 e. The van der Waals surface area contributed by atoms with E-state index in [0.717, 1.165) is 50.0 Å². The number of nitriles is 1. The normalized spacial score (nSPS) is 45.2. The highest BCUT2D eigenvalue weighted by Crippen LogP contribution is 2.64. The van der Waals surface area contributed by atoms with Crippen LogP contribution in [0.3, 0.4) is 0 Å². The van der Waals surface area contributed by atoms with Gasteiger partial charge in [-0.1, -0.05) is 31.6 Å². The molecule has 0 N–H and O–H groups in total. The lowest BCUT2D eigenvalue weighted by molar-refractivity contribution is -0.148. The molecule has 2 saturated carbocycles. The lowest BCUT2D eigenvalue weighted by atomic mass is 9.47. The van der Waals surface area contributed by atoms with Crippen LogP contribution in [0.25, 0.3) is 0 Å². The summed E-state index contributed by atoms with van der Waals surface area (Å²) in [6.07, 6.45) is 12.4. The molecule has 0 aromatic carbocycles. The number of hydrogen-bond donors (Lipinski definition) is 0. The van der Waals surface area contributed by atoms with Crippen LogP contribution in [-0.4, -0.2) is 12.1 Å². The molecule has 1 unspecified atom stereocenters. The highest BCUT2D eigenvalue weighted by atomic mass is 16.5. The van der Waals surface area contributed by atoms with E-state index in [1.165, 1.54) is 18.9 Å². The Kier molecular flexibility index (Phi) is 3.87. The van der Waals surface area contributed by atoms with E-state index in [9.17, 15) is 10.1 Å². The molecule has 6 atom stereocenters. The first-order valence-electron chi connectivity index (χ1n) is 9.86. The lowest BCUT2D eigenvalue weighted by Gasteiger charge is -2.57. The zero-order valence-corrected chi connectivity index (χ0v) is 15.7. The van der Waals surface area contributed by atoms with Crippen LogP contribution in [0.5, 0.6) is 0 Å². The third kappa shape index (κ3) is 2.40. The SMILES string of the molecule is CC(=O)OC1CC[C@@]2(C)C(=CC[C@@H]3[C@@H]2CC[C@]2(C)C(C#N)=CC[C@@H]32)C1. The van der Waals surface area contributed by atoms with E-state index in [0.29, 0.717) is 11.8 Å². The van der Waals surface area contributed by atoms with Gasteiger partial charge in [0.15, 0.2) is 0 Å². The monoisotopic (exact) mass is 339 g/mol. The number of ether oxygens (including phenoxy) is 1. The molecule has 0 saturated heterocycles. The van der Waals surface area contributed by atoms with Gasteiger partial charge in [-0.2, -0.15) is 5.26 Å². The maximum atomic E-state index is 11.3. The van der Waals surface area contributed by atoms with E-state index in [1.54, 1.807) is 0 Å². The molecule has 25 heavy (non-hydrogen) atoms. The van der Waals surface area contributed by atoms with E-state index >= 15 is 0 Å². The minimum absolute atomic E-state index is 0.0700. The van der Waals surface area contributed by atoms with Gasteiger partial charge in [-0.25, -0.2) is 0 Å². The molecule has 0 aromatic heterocycles. The molecule has 0 aliphatic heterocycles. The summed E-state index contributed by atoms with van der Waals surface area (Å²) in [4.78, 5) is 11.3. The lowest BCUT2D eigenvalue weighted by Crippen LogP contribution is -2.50. The smallest absolute Gasteiger partial charge is 0.302 e. The number of nitrogens with zero attached hydrogens (tertiary/aromatic N) is 1. The summed E-state index contributed by atoms with van der Waals surface area (Å²) in [6, 6.07) is 2.49. The first-order valence-corrected chi connectivity index (χ1v) is 9.86. The summed E-state index contributed by atoms with van der Waals surface area (Å²) in [5.41, 5.74) is 2.93. The van der Waals surface area contributed by atoms with Crippen molar-refractivity contribution in [1.82, 2.24) is 0 Å². The van der Waals surface area contributed by atoms with Crippen molar-refractivity contribution in [3.05, 3.63) is 23.3 Å². The minimum Gasteiger partial charge on any atom is -0.462 e. The number of fused-ring (bicyclic) bond motifs is 5. The molecular weight excluding hydrogens is 310 g/mol. The fourth-order valence-electron chi connectivity index (χ4n) is 6.70. The van der Waals surface area contributed by atoms with E-state index in [1.807, 2.05) is 0 Å². The van der Waals surface area contributed by atoms with Gasteiger partial charge in [0.25, 0.3) is 0 Å². The van der Waals surface area contributed by atoms with Crippen LogP contribution in [-0.2, 0) is 9.53 Å². The van der Waals surface area contributed by atoms with Gasteiger partial charge >= 0.3 is 5.97 Å². The molecule has 2 fully saturated rings. The molecule has 3 heteroatoms. The Balaban J connectivity index is 1.59. The largest absolute Gasteiger partial charge is 0.462 e. The molecule has 0 amide bonds. The van der Waals surface area contributed by atoms with Crippen LogP contribution >= 0.6 is 0 Å². The molecule has 4 aliphatic carbocycles. The number of hydrogen-bond acceptors (Lipinski definition) is 3. The molecule has 3 nitrogen and oxygen atoms in total. The second-order valence-electron chi connectivity index (χ2n) is 9.16. The Labute approximate surface area is 151 Å². The van der Waals surface area contributed by atoms with Crippen molar-refractivity contribution in [2.24, 2.45) is 28.6 Å². The van der Waals surface area contributed by atoms with Gasteiger partial charge in [0.1, 0.15) is 6.10 Å². The number of carbonyl (C=O) groups is 1.